The summed E-state index contributed by atoms with van der Waals surface area (Å²) in [6, 6.07) is 12.0. The topological polar surface area (TPSA) is 85.9 Å². The second-order valence-corrected chi connectivity index (χ2v) is 6.91. The average molecular weight is 376 g/mol. The molecule has 0 saturated carbocycles. The van der Waals surface area contributed by atoms with Gasteiger partial charge in [0.2, 0.25) is 11.9 Å². The molecule has 1 saturated heterocycles. The Morgan fingerprint density at radius 2 is 1.79 bits per heavy atom. The maximum atomic E-state index is 4.67. The number of aromatic nitrogens is 5. The van der Waals surface area contributed by atoms with Crippen molar-refractivity contribution in [3.63, 3.8) is 0 Å². The van der Waals surface area contributed by atoms with Crippen molar-refractivity contribution in [2.24, 2.45) is 0 Å². The zero-order valence-corrected chi connectivity index (χ0v) is 16.1. The van der Waals surface area contributed by atoms with Crippen LogP contribution in [0.3, 0.4) is 0 Å². The molecule has 8 nitrogen and oxygen atoms in total. The van der Waals surface area contributed by atoms with E-state index < -0.39 is 0 Å². The van der Waals surface area contributed by atoms with Crippen LogP contribution in [-0.2, 0) is 0 Å². The lowest BCUT2D eigenvalue weighted by atomic mass is 10.2. The minimum atomic E-state index is 0.489. The summed E-state index contributed by atoms with van der Waals surface area (Å²) < 4.78 is 0. The number of likely N-dealkylation sites (N-methyl/N-ethyl adjacent to an activating group) is 1. The monoisotopic (exact) mass is 376 g/mol. The molecule has 0 aliphatic carbocycles. The van der Waals surface area contributed by atoms with Crippen molar-refractivity contribution in [3.05, 3.63) is 53.5 Å². The second kappa shape index (κ2) is 8.18. The van der Waals surface area contributed by atoms with E-state index >= 15 is 0 Å². The summed E-state index contributed by atoms with van der Waals surface area (Å²) in [5.74, 6) is 2.47. The summed E-state index contributed by atoms with van der Waals surface area (Å²) in [6.45, 7) is 5.71. The molecule has 144 valence electrons. The van der Waals surface area contributed by atoms with Crippen molar-refractivity contribution in [2.75, 3.05) is 43.4 Å². The maximum Gasteiger partial charge on any atom is 0.233 e. The maximum absolute atomic E-state index is 4.67. The number of nitrogens with one attached hydrogen (secondary N) is 2. The Morgan fingerprint density at radius 3 is 2.50 bits per heavy atom. The number of hydrogen-bond donors (Lipinski definition) is 2. The molecule has 3 aromatic rings. The molecule has 0 amide bonds. The molecule has 0 bridgehead atoms. The van der Waals surface area contributed by atoms with Crippen LogP contribution in [0.15, 0.2) is 36.4 Å². The van der Waals surface area contributed by atoms with Crippen molar-refractivity contribution >= 4 is 29.9 Å². The lowest BCUT2D eigenvalue weighted by molar-refractivity contribution is 0.311. The Bertz CT molecular complexity index is 942. The van der Waals surface area contributed by atoms with Crippen molar-refractivity contribution in [3.8, 4) is 0 Å². The second-order valence-electron chi connectivity index (χ2n) is 6.91. The molecule has 0 spiro atoms. The first kappa shape index (κ1) is 18.1. The molecule has 0 radical (unpaired) electrons. The van der Waals surface area contributed by atoms with Gasteiger partial charge in [0, 0.05) is 37.9 Å². The SMILES string of the molecule is Cc1cc(Nc2nc(/C=C\c3ccccc3)nc(N3CCN(C)CC3)n2)n[nH]1. The Morgan fingerprint density at radius 1 is 1.00 bits per heavy atom. The minimum Gasteiger partial charge on any atom is -0.338 e. The molecular weight excluding hydrogens is 352 g/mol. The van der Waals surface area contributed by atoms with E-state index in [2.05, 4.69) is 47.3 Å². The summed E-state index contributed by atoms with van der Waals surface area (Å²) in [6.07, 6.45) is 3.92. The first-order valence-corrected chi connectivity index (χ1v) is 9.37. The summed E-state index contributed by atoms with van der Waals surface area (Å²) in [7, 11) is 2.13. The van der Waals surface area contributed by atoms with Gasteiger partial charge in [-0.25, -0.2) is 0 Å². The predicted molar refractivity (Wildman–Crippen MR) is 112 cm³/mol. The number of aromatic amines is 1. The van der Waals surface area contributed by atoms with Gasteiger partial charge in [-0.3, -0.25) is 5.10 Å². The van der Waals surface area contributed by atoms with Gasteiger partial charge in [0.25, 0.3) is 0 Å². The highest BCUT2D eigenvalue weighted by atomic mass is 15.3. The summed E-state index contributed by atoms with van der Waals surface area (Å²) >= 11 is 0. The van der Waals surface area contributed by atoms with E-state index in [1.807, 2.05) is 55.5 Å². The number of H-pyrrole nitrogens is 1. The van der Waals surface area contributed by atoms with Gasteiger partial charge in [-0.1, -0.05) is 36.4 Å². The van der Waals surface area contributed by atoms with Crippen molar-refractivity contribution in [1.29, 1.82) is 0 Å². The number of aryl methyl sites for hydroxylation is 1. The van der Waals surface area contributed by atoms with Crippen molar-refractivity contribution < 1.29 is 0 Å². The van der Waals surface area contributed by atoms with Crippen LogP contribution in [0.1, 0.15) is 17.1 Å². The zero-order chi connectivity index (χ0) is 19.3. The number of nitrogens with zero attached hydrogens (tertiary/aromatic N) is 6. The Kier molecular flexibility index (Phi) is 5.29. The minimum absolute atomic E-state index is 0.489. The Balaban J connectivity index is 1.62. The highest BCUT2D eigenvalue weighted by Gasteiger charge is 2.18. The van der Waals surface area contributed by atoms with Crippen LogP contribution in [-0.4, -0.2) is 63.3 Å². The molecule has 2 aromatic heterocycles. The molecule has 2 N–H and O–H groups in total. The fraction of sp³-hybridized carbons (Fsp3) is 0.300. The first-order chi connectivity index (χ1) is 13.7. The number of anilines is 3. The summed E-state index contributed by atoms with van der Waals surface area (Å²) in [5, 5.41) is 10.3. The van der Waals surface area contributed by atoms with E-state index in [9.17, 15) is 0 Å². The van der Waals surface area contributed by atoms with E-state index in [1.165, 1.54) is 0 Å². The summed E-state index contributed by atoms with van der Waals surface area (Å²) in [4.78, 5) is 18.4. The third-order valence-electron chi connectivity index (χ3n) is 4.60. The molecule has 1 aromatic carbocycles. The van der Waals surface area contributed by atoms with E-state index in [-0.39, 0.29) is 0 Å². The van der Waals surface area contributed by atoms with Crippen molar-refractivity contribution in [1.82, 2.24) is 30.0 Å². The number of hydrogen-bond acceptors (Lipinski definition) is 7. The molecule has 1 aliphatic rings. The molecule has 1 aliphatic heterocycles. The molecule has 28 heavy (non-hydrogen) atoms. The lowest BCUT2D eigenvalue weighted by Crippen LogP contribution is -2.45. The third kappa shape index (κ3) is 4.52. The van der Waals surface area contributed by atoms with Crippen LogP contribution in [0, 0.1) is 6.92 Å². The van der Waals surface area contributed by atoms with E-state index in [1.54, 1.807) is 0 Å². The van der Waals surface area contributed by atoms with E-state index in [4.69, 9.17) is 0 Å². The largest absolute Gasteiger partial charge is 0.338 e. The fourth-order valence-electron chi connectivity index (χ4n) is 2.99. The summed E-state index contributed by atoms with van der Waals surface area (Å²) in [5.41, 5.74) is 2.07. The smallest absolute Gasteiger partial charge is 0.233 e. The van der Waals surface area contributed by atoms with Gasteiger partial charge >= 0.3 is 0 Å². The first-order valence-electron chi connectivity index (χ1n) is 9.37. The highest BCUT2D eigenvalue weighted by Crippen LogP contribution is 2.17. The van der Waals surface area contributed by atoms with Gasteiger partial charge in [-0.2, -0.15) is 20.1 Å². The molecule has 3 heterocycles. The molecule has 0 atom stereocenters. The standard InChI is InChI=1S/C20H24N8/c1-15-14-18(26-25-15)22-19-21-17(9-8-16-6-4-3-5-7-16)23-20(24-19)28-12-10-27(2)11-13-28/h3-9,14H,10-13H2,1-2H3,(H2,21,22,23,24,25,26)/b9-8-. The van der Waals surface area contributed by atoms with Gasteiger partial charge < -0.3 is 15.1 Å². The van der Waals surface area contributed by atoms with Gasteiger partial charge in [0.05, 0.1) is 0 Å². The molecule has 8 heteroatoms. The quantitative estimate of drug-likeness (QED) is 0.708. The zero-order valence-electron chi connectivity index (χ0n) is 16.1. The van der Waals surface area contributed by atoms with Crippen LogP contribution in [0.5, 0.6) is 0 Å². The molecular formula is C20H24N8. The van der Waals surface area contributed by atoms with Gasteiger partial charge in [-0.15, -0.1) is 0 Å². The number of benzene rings is 1. The molecule has 1 fully saturated rings. The van der Waals surface area contributed by atoms with E-state index in [0.717, 1.165) is 37.4 Å². The number of rotatable bonds is 5. The number of piperazine rings is 1. The van der Waals surface area contributed by atoms with Crippen LogP contribution >= 0.6 is 0 Å². The van der Waals surface area contributed by atoms with Gasteiger partial charge in [0.15, 0.2) is 11.6 Å². The van der Waals surface area contributed by atoms with Gasteiger partial charge in [-0.05, 0) is 25.6 Å². The molecule has 4 rings (SSSR count). The van der Waals surface area contributed by atoms with Crippen molar-refractivity contribution in [2.45, 2.75) is 6.92 Å². The average Bonchev–Trinajstić information content (AvgIpc) is 3.12. The fourth-order valence-corrected chi connectivity index (χ4v) is 2.99. The third-order valence-corrected chi connectivity index (χ3v) is 4.60. The van der Waals surface area contributed by atoms with E-state index in [0.29, 0.717) is 23.5 Å². The van der Waals surface area contributed by atoms with Gasteiger partial charge in [0.1, 0.15) is 0 Å². The lowest BCUT2D eigenvalue weighted by Gasteiger charge is -2.32. The Labute approximate surface area is 164 Å². The van der Waals surface area contributed by atoms with Crippen LogP contribution in [0.25, 0.3) is 12.2 Å². The van der Waals surface area contributed by atoms with Crippen LogP contribution in [0.2, 0.25) is 0 Å². The van der Waals surface area contributed by atoms with Crippen LogP contribution in [0.4, 0.5) is 17.7 Å². The predicted octanol–water partition coefficient (Wildman–Crippen LogP) is 2.57. The highest BCUT2D eigenvalue weighted by molar-refractivity contribution is 5.67. The van der Waals surface area contributed by atoms with Crippen LogP contribution < -0.4 is 10.2 Å². The normalized spacial score (nSPS) is 15.3. The molecule has 0 unspecified atom stereocenters. The Hall–Kier alpha value is -3.26.